The van der Waals surface area contributed by atoms with Crippen molar-refractivity contribution >= 4 is 11.9 Å². The quantitative estimate of drug-likeness (QED) is 0.0352. The zero-order valence-electron chi connectivity index (χ0n) is 37.0. The van der Waals surface area contributed by atoms with Crippen LogP contribution in [0.5, 0.6) is 0 Å². The van der Waals surface area contributed by atoms with Gasteiger partial charge in [0, 0.05) is 19.4 Å². The van der Waals surface area contributed by atoms with Gasteiger partial charge in [0.15, 0.2) is 6.10 Å². The normalized spacial score (nSPS) is 13.5. The van der Waals surface area contributed by atoms with Crippen molar-refractivity contribution in [3.8, 4) is 0 Å². The van der Waals surface area contributed by atoms with Crippen LogP contribution in [0.2, 0.25) is 0 Å². The first-order valence-corrected chi connectivity index (χ1v) is 22.7. The first-order chi connectivity index (χ1) is 28.6. The van der Waals surface area contributed by atoms with E-state index in [0.717, 1.165) is 122 Å². The van der Waals surface area contributed by atoms with Crippen molar-refractivity contribution in [3.63, 3.8) is 0 Å². The lowest BCUT2D eigenvalue weighted by molar-refractivity contribution is -0.162. The number of ether oxygens (including phenoxy) is 3. The summed E-state index contributed by atoms with van der Waals surface area (Å²) in [6.07, 6.45) is 67.6. The summed E-state index contributed by atoms with van der Waals surface area (Å²) in [6, 6.07) is 0. The number of rotatable bonds is 39. The fourth-order valence-electron chi connectivity index (χ4n) is 5.41. The van der Waals surface area contributed by atoms with Gasteiger partial charge in [0.05, 0.1) is 6.61 Å². The molecular weight excluding hydrogens is 717 g/mol. The molecule has 0 N–H and O–H groups in total. The van der Waals surface area contributed by atoms with E-state index in [4.69, 9.17) is 14.2 Å². The lowest BCUT2D eigenvalue weighted by Crippen LogP contribution is -2.30. The number of hydrogen-bond donors (Lipinski definition) is 0. The highest BCUT2D eigenvalue weighted by Crippen LogP contribution is 2.09. The monoisotopic (exact) mass is 799 g/mol. The molecule has 0 aliphatic carbocycles. The summed E-state index contributed by atoms with van der Waals surface area (Å²) in [5.41, 5.74) is 0. The Morgan fingerprint density at radius 2 is 0.759 bits per heavy atom. The van der Waals surface area contributed by atoms with E-state index in [9.17, 15) is 9.59 Å². The summed E-state index contributed by atoms with van der Waals surface area (Å²) in [5.74, 6) is -0.559. The van der Waals surface area contributed by atoms with Crippen LogP contribution in [0, 0.1) is 0 Å². The molecule has 0 aromatic carbocycles. The zero-order chi connectivity index (χ0) is 42.1. The molecule has 324 valence electrons. The minimum Gasteiger partial charge on any atom is -0.462 e. The average molecular weight is 799 g/mol. The van der Waals surface area contributed by atoms with E-state index in [1.807, 2.05) is 6.08 Å². The molecular formula is C53H82O5. The van der Waals surface area contributed by atoms with E-state index in [1.54, 1.807) is 0 Å². The number of hydrogen-bond acceptors (Lipinski definition) is 5. The molecule has 0 amide bonds. The van der Waals surface area contributed by atoms with Crippen molar-refractivity contribution in [2.75, 3.05) is 19.8 Å². The van der Waals surface area contributed by atoms with Crippen molar-refractivity contribution in [3.05, 3.63) is 134 Å². The molecule has 1 atom stereocenters. The molecule has 0 aromatic heterocycles. The maximum atomic E-state index is 12.7. The highest BCUT2D eigenvalue weighted by Gasteiger charge is 2.17. The number of allylic oxidation sites excluding steroid dienone is 22. The molecule has 0 aliphatic heterocycles. The third kappa shape index (κ3) is 44.8. The fourth-order valence-corrected chi connectivity index (χ4v) is 5.41. The molecule has 0 fully saturated rings. The number of unbranched alkanes of at least 4 members (excludes halogenated alkanes) is 6. The second-order valence-corrected chi connectivity index (χ2v) is 14.2. The second kappa shape index (κ2) is 47.4. The largest absolute Gasteiger partial charge is 0.462 e. The summed E-state index contributed by atoms with van der Waals surface area (Å²) in [6.45, 7) is 7.26. The molecule has 0 spiro atoms. The van der Waals surface area contributed by atoms with Gasteiger partial charge in [0.25, 0.3) is 0 Å². The van der Waals surface area contributed by atoms with Gasteiger partial charge in [0.1, 0.15) is 6.61 Å². The van der Waals surface area contributed by atoms with Crippen molar-refractivity contribution in [1.82, 2.24) is 0 Å². The third-order valence-electron chi connectivity index (χ3n) is 8.68. The maximum Gasteiger partial charge on any atom is 0.306 e. The Labute approximate surface area is 356 Å². The van der Waals surface area contributed by atoms with Gasteiger partial charge in [-0.25, -0.2) is 0 Å². The lowest BCUT2D eigenvalue weighted by atomic mass is 10.1. The smallest absolute Gasteiger partial charge is 0.306 e. The molecule has 5 heteroatoms. The molecule has 0 heterocycles. The molecule has 0 aliphatic rings. The van der Waals surface area contributed by atoms with Gasteiger partial charge < -0.3 is 14.2 Å². The van der Waals surface area contributed by atoms with Gasteiger partial charge in [-0.15, -0.1) is 0 Å². The van der Waals surface area contributed by atoms with Crippen LogP contribution in [0.3, 0.4) is 0 Å². The Morgan fingerprint density at radius 1 is 0.379 bits per heavy atom. The Hall–Kier alpha value is -3.96. The highest BCUT2D eigenvalue weighted by atomic mass is 16.6. The van der Waals surface area contributed by atoms with Gasteiger partial charge in [-0.1, -0.05) is 167 Å². The molecule has 0 saturated carbocycles. The number of carbonyl (C=O) groups excluding carboxylic acids is 2. The van der Waals surface area contributed by atoms with Gasteiger partial charge in [0.2, 0.25) is 0 Å². The van der Waals surface area contributed by atoms with Crippen LogP contribution in [0.1, 0.15) is 162 Å². The molecule has 0 saturated heterocycles. The zero-order valence-corrected chi connectivity index (χ0v) is 37.0. The van der Waals surface area contributed by atoms with E-state index in [0.29, 0.717) is 19.4 Å². The lowest BCUT2D eigenvalue weighted by Gasteiger charge is -2.18. The van der Waals surface area contributed by atoms with E-state index in [2.05, 4.69) is 148 Å². The SMILES string of the molecule is CC/C=C\C/C=C\C/C=C\C/C=C\CCCCCOCC(COC(=O)CC/C=C\C/C=C\C/C=C\C/C=C\CC)OC(=O)CCCCC/C=C\C/C=C\C/C=C\CC. The van der Waals surface area contributed by atoms with E-state index >= 15 is 0 Å². The van der Waals surface area contributed by atoms with Crippen molar-refractivity contribution in [2.45, 2.75) is 168 Å². The number of esters is 2. The highest BCUT2D eigenvalue weighted by molar-refractivity contribution is 5.70. The van der Waals surface area contributed by atoms with Crippen LogP contribution >= 0.6 is 0 Å². The minimum absolute atomic E-state index is 0.0126. The maximum absolute atomic E-state index is 12.7. The second-order valence-electron chi connectivity index (χ2n) is 14.2. The standard InChI is InChI=1S/C53H82O5/c1-4-7-10-13-16-19-22-25-26-27-30-33-36-39-42-45-48-56-49-51(58-53(55)47-44-41-38-35-32-29-24-21-18-15-12-9-6-3)50-57-52(54)46-43-40-37-34-31-28-23-20-17-14-11-8-5-2/h7-12,16-21,25-26,28-33,37,40,51H,4-6,13-15,22-24,27,34-36,38-39,41-50H2,1-3H3/b10-7-,11-8-,12-9-,19-16-,20-17-,21-18-,26-25-,31-28-,32-29-,33-30-,40-37-. The fraction of sp³-hybridized carbons (Fsp3) is 0.547. The summed E-state index contributed by atoms with van der Waals surface area (Å²) in [4.78, 5) is 25.2. The number of carbonyl (C=O) groups is 2. The molecule has 1 unspecified atom stereocenters. The van der Waals surface area contributed by atoms with Gasteiger partial charge in [-0.2, -0.15) is 0 Å². The molecule has 5 nitrogen and oxygen atoms in total. The third-order valence-corrected chi connectivity index (χ3v) is 8.68. The molecule has 0 bridgehead atoms. The Balaban J connectivity index is 4.50. The van der Waals surface area contributed by atoms with Crippen molar-refractivity contribution < 1.29 is 23.8 Å². The Bertz CT molecular complexity index is 1270. The van der Waals surface area contributed by atoms with Gasteiger partial charge >= 0.3 is 11.9 Å². The van der Waals surface area contributed by atoms with E-state index in [1.165, 1.54) is 0 Å². The van der Waals surface area contributed by atoms with Crippen LogP contribution in [0.15, 0.2) is 134 Å². The van der Waals surface area contributed by atoms with Crippen molar-refractivity contribution in [2.24, 2.45) is 0 Å². The van der Waals surface area contributed by atoms with Crippen LogP contribution in [0.4, 0.5) is 0 Å². The summed E-state index contributed by atoms with van der Waals surface area (Å²) >= 11 is 0. The predicted octanol–water partition coefficient (Wildman–Crippen LogP) is 15.2. The Morgan fingerprint density at radius 3 is 1.19 bits per heavy atom. The minimum atomic E-state index is -0.605. The Kier molecular flexibility index (Phi) is 44.2. The molecule has 0 radical (unpaired) electrons. The van der Waals surface area contributed by atoms with Crippen LogP contribution < -0.4 is 0 Å². The van der Waals surface area contributed by atoms with Crippen LogP contribution in [-0.4, -0.2) is 37.9 Å². The topological polar surface area (TPSA) is 61.8 Å². The van der Waals surface area contributed by atoms with Crippen LogP contribution in [-0.2, 0) is 23.8 Å². The van der Waals surface area contributed by atoms with E-state index in [-0.39, 0.29) is 31.6 Å². The van der Waals surface area contributed by atoms with Gasteiger partial charge in [-0.3, -0.25) is 9.59 Å². The van der Waals surface area contributed by atoms with Crippen molar-refractivity contribution in [1.29, 1.82) is 0 Å². The summed E-state index contributed by atoms with van der Waals surface area (Å²) < 4.78 is 17.2. The molecule has 0 rings (SSSR count). The van der Waals surface area contributed by atoms with Gasteiger partial charge in [-0.05, 0) is 116 Å². The summed E-state index contributed by atoms with van der Waals surface area (Å²) in [5, 5.41) is 0. The average Bonchev–Trinajstić information content (AvgIpc) is 3.22. The molecule has 58 heavy (non-hydrogen) atoms. The molecule has 0 aromatic rings. The first kappa shape index (κ1) is 54.0. The van der Waals surface area contributed by atoms with Crippen LogP contribution in [0.25, 0.3) is 0 Å². The first-order valence-electron chi connectivity index (χ1n) is 22.7. The predicted molar refractivity (Wildman–Crippen MR) is 251 cm³/mol. The van der Waals surface area contributed by atoms with E-state index < -0.39 is 6.10 Å². The summed E-state index contributed by atoms with van der Waals surface area (Å²) in [7, 11) is 0.